The second kappa shape index (κ2) is 12.2. The lowest BCUT2D eigenvalue weighted by molar-refractivity contribution is -0.122. The van der Waals surface area contributed by atoms with Crippen LogP contribution in [0.25, 0.3) is 0 Å². The molecule has 0 spiro atoms. The molecule has 160 valence electrons. The topological polar surface area (TPSA) is 67.1 Å². The molecule has 29 heavy (non-hydrogen) atoms. The fourth-order valence-electron chi connectivity index (χ4n) is 4.06. The van der Waals surface area contributed by atoms with Crippen molar-refractivity contribution in [2.24, 2.45) is 5.73 Å². The van der Waals surface area contributed by atoms with Gasteiger partial charge in [-0.3, -0.25) is 4.79 Å². The van der Waals surface area contributed by atoms with Crippen molar-refractivity contribution in [1.82, 2.24) is 10.6 Å². The van der Waals surface area contributed by atoms with Crippen molar-refractivity contribution in [3.63, 3.8) is 0 Å². The van der Waals surface area contributed by atoms with Crippen molar-refractivity contribution in [1.29, 1.82) is 0 Å². The molecule has 1 fully saturated rings. The minimum Gasteiger partial charge on any atom is -0.353 e. The molecule has 6 heteroatoms. The lowest BCUT2D eigenvalue weighted by Gasteiger charge is -2.34. The normalized spacial score (nSPS) is 16.8. The van der Waals surface area contributed by atoms with Gasteiger partial charge in [0.25, 0.3) is 0 Å². The maximum Gasteiger partial charge on any atom is 0.237 e. The van der Waals surface area contributed by atoms with Gasteiger partial charge in [0.05, 0.1) is 6.04 Å². The van der Waals surface area contributed by atoms with E-state index in [0.717, 1.165) is 18.4 Å². The summed E-state index contributed by atoms with van der Waals surface area (Å²) in [6.45, 7) is 2.82. The van der Waals surface area contributed by atoms with Gasteiger partial charge in [-0.15, -0.1) is 24.8 Å². The van der Waals surface area contributed by atoms with Crippen LogP contribution in [0.5, 0.6) is 0 Å². The van der Waals surface area contributed by atoms with E-state index < -0.39 is 6.04 Å². The highest BCUT2D eigenvalue weighted by molar-refractivity contribution is 5.85. The van der Waals surface area contributed by atoms with Crippen molar-refractivity contribution in [3.8, 4) is 0 Å². The first-order valence-corrected chi connectivity index (χ1v) is 9.98. The Labute approximate surface area is 186 Å². The Morgan fingerprint density at radius 3 is 2.14 bits per heavy atom. The standard InChI is InChI=1S/C23H31N3O.2ClH/c1-18(20-12-6-3-7-13-20)26-23(14-8-9-15-23)17-25-22(27)21(24)16-19-10-4-2-5-11-19;;/h2-7,10-13,18,21,26H,8-9,14-17,24H2,1H3,(H,25,27);2*1H. The number of hydrogen-bond acceptors (Lipinski definition) is 3. The average molecular weight is 438 g/mol. The van der Waals surface area contributed by atoms with Crippen LogP contribution in [0.4, 0.5) is 0 Å². The van der Waals surface area contributed by atoms with Crippen LogP contribution in [0.2, 0.25) is 0 Å². The Balaban J connectivity index is 0.00000210. The number of rotatable bonds is 8. The highest BCUT2D eigenvalue weighted by Crippen LogP contribution is 2.31. The average Bonchev–Trinajstić information content (AvgIpc) is 3.16. The molecular weight excluding hydrogens is 405 g/mol. The summed E-state index contributed by atoms with van der Waals surface area (Å²) in [5.74, 6) is -0.0701. The van der Waals surface area contributed by atoms with Gasteiger partial charge < -0.3 is 16.4 Å². The molecule has 0 aliphatic heterocycles. The van der Waals surface area contributed by atoms with Gasteiger partial charge in [0.2, 0.25) is 5.91 Å². The van der Waals surface area contributed by atoms with Gasteiger partial charge in [-0.25, -0.2) is 0 Å². The van der Waals surface area contributed by atoms with E-state index in [1.54, 1.807) is 0 Å². The van der Waals surface area contributed by atoms with E-state index in [2.05, 4.69) is 41.8 Å². The zero-order chi connectivity index (χ0) is 19.1. The molecule has 0 bridgehead atoms. The summed E-state index contributed by atoms with van der Waals surface area (Å²) in [7, 11) is 0. The molecule has 1 aliphatic carbocycles. The molecule has 1 amide bonds. The molecule has 0 aromatic heterocycles. The van der Waals surface area contributed by atoms with Crippen molar-refractivity contribution < 1.29 is 4.79 Å². The molecule has 3 rings (SSSR count). The van der Waals surface area contributed by atoms with Gasteiger partial charge in [-0.05, 0) is 37.3 Å². The molecule has 1 aliphatic rings. The monoisotopic (exact) mass is 437 g/mol. The highest BCUT2D eigenvalue weighted by Gasteiger charge is 2.35. The molecule has 0 saturated heterocycles. The van der Waals surface area contributed by atoms with Crippen molar-refractivity contribution >= 4 is 30.7 Å². The second-order valence-electron chi connectivity index (χ2n) is 7.78. The van der Waals surface area contributed by atoms with Gasteiger partial charge >= 0.3 is 0 Å². The third-order valence-corrected chi connectivity index (χ3v) is 5.62. The summed E-state index contributed by atoms with van der Waals surface area (Å²) in [4.78, 5) is 12.5. The molecule has 2 aromatic rings. The summed E-state index contributed by atoms with van der Waals surface area (Å²) < 4.78 is 0. The smallest absolute Gasteiger partial charge is 0.237 e. The molecular formula is C23H33Cl2N3O. The number of nitrogens with two attached hydrogens (primary N) is 1. The number of halogens is 2. The zero-order valence-electron chi connectivity index (χ0n) is 17.0. The third kappa shape index (κ3) is 7.31. The van der Waals surface area contributed by atoms with Crippen LogP contribution in [0.3, 0.4) is 0 Å². The number of hydrogen-bond donors (Lipinski definition) is 3. The Morgan fingerprint density at radius 1 is 1.00 bits per heavy atom. The zero-order valence-corrected chi connectivity index (χ0v) is 18.6. The molecule has 1 saturated carbocycles. The van der Waals surface area contributed by atoms with Crippen LogP contribution in [0.1, 0.15) is 49.8 Å². The van der Waals surface area contributed by atoms with Gasteiger partial charge in [-0.1, -0.05) is 73.5 Å². The lowest BCUT2D eigenvalue weighted by Crippen LogP contribution is -2.54. The Hall–Kier alpha value is -1.59. The third-order valence-electron chi connectivity index (χ3n) is 5.62. The number of carbonyl (C=O) groups is 1. The first-order valence-electron chi connectivity index (χ1n) is 9.98. The minimum atomic E-state index is -0.516. The first-order chi connectivity index (χ1) is 13.1. The lowest BCUT2D eigenvalue weighted by atomic mass is 9.94. The van der Waals surface area contributed by atoms with E-state index in [4.69, 9.17) is 5.73 Å². The van der Waals surface area contributed by atoms with E-state index in [9.17, 15) is 4.79 Å². The summed E-state index contributed by atoms with van der Waals surface area (Å²) >= 11 is 0. The SMILES string of the molecule is CC(NC1(CNC(=O)C(N)Cc2ccccc2)CCCC1)c1ccccc1.Cl.Cl. The van der Waals surface area contributed by atoms with Crippen molar-refractivity contribution in [2.45, 2.75) is 56.7 Å². The fourth-order valence-corrected chi connectivity index (χ4v) is 4.06. The van der Waals surface area contributed by atoms with Crippen molar-refractivity contribution in [2.75, 3.05) is 6.54 Å². The van der Waals surface area contributed by atoms with Gasteiger partial charge in [0.15, 0.2) is 0 Å². The van der Waals surface area contributed by atoms with E-state index in [-0.39, 0.29) is 42.3 Å². The van der Waals surface area contributed by atoms with E-state index in [1.807, 2.05) is 36.4 Å². The van der Waals surface area contributed by atoms with Crippen LogP contribution in [-0.2, 0) is 11.2 Å². The van der Waals surface area contributed by atoms with E-state index in [1.165, 1.54) is 18.4 Å². The van der Waals surface area contributed by atoms with Crippen LogP contribution in [0, 0.1) is 0 Å². The Kier molecular flexibility index (Phi) is 10.7. The summed E-state index contributed by atoms with van der Waals surface area (Å²) in [6, 6.07) is 20.1. The van der Waals surface area contributed by atoms with E-state index in [0.29, 0.717) is 13.0 Å². The number of nitrogens with one attached hydrogen (secondary N) is 2. The second-order valence-corrected chi connectivity index (χ2v) is 7.78. The molecule has 4 N–H and O–H groups in total. The Bertz CT molecular complexity index is 721. The molecule has 0 heterocycles. The van der Waals surface area contributed by atoms with Gasteiger partial charge in [0, 0.05) is 18.1 Å². The fraction of sp³-hybridized carbons (Fsp3) is 0.435. The minimum absolute atomic E-state index is 0. The molecule has 4 nitrogen and oxygen atoms in total. The molecule has 2 atom stereocenters. The highest BCUT2D eigenvalue weighted by atomic mass is 35.5. The van der Waals surface area contributed by atoms with Gasteiger partial charge in [-0.2, -0.15) is 0 Å². The van der Waals surface area contributed by atoms with Crippen molar-refractivity contribution in [3.05, 3.63) is 71.8 Å². The van der Waals surface area contributed by atoms with Crippen LogP contribution in [-0.4, -0.2) is 24.0 Å². The Morgan fingerprint density at radius 2 is 1.55 bits per heavy atom. The summed E-state index contributed by atoms with van der Waals surface area (Å²) in [5.41, 5.74) is 8.46. The quantitative estimate of drug-likeness (QED) is 0.579. The summed E-state index contributed by atoms with van der Waals surface area (Å²) in [5, 5.41) is 6.91. The maximum atomic E-state index is 12.5. The molecule has 2 aromatic carbocycles. The predicted octanol–water partition coefficient (Wildman–Crippen LogP) is 4.18. The van der Waals surface area contributed by atoms with Crippen LogP contribution in [0.15, 0.2) is 60.7 Å². The number of amides is 1. The van der Waals surface area contributed by atoms with Crippen LogP contribution < -0.4 is 16.4 Å². The van der Waals surface area contributed by atoms with Crippen LogP contribution >= 0.6 is 24.8 Å². The largest absolute Gasteiger partial charge is 0.353 e. The maximum absolute atomic E-state index is 12.5. The number of benzene rings is 2. The molecule has 2 unspecified atom stereocenters. The summed E-state index contributed by atoms with van der Waals surface area (Å²) in [6.07, 6.45) is 5.12. The number of carbonyl (C=O) groups excluding carboxylic acids is 1. The van der Waals surface area contributed by atoms with Gasteiger partial charge in [0.1, 0.15) is 0 Å². The molecule has 0 radical (unpaired) electrons. The predicted molar refractivity (Wildman–Crippen MR) is 125 cm³/mol. The first kappa shape index (κ1) is 25.4. The van der Waals surface area contributed by atoms with E-state index >= 15 is 0 Å².